The number of nitrogens with zero attached hydrogens (tertiary/aromatic N) is 2. The second kappa shape index (κ2) is 4.80. The van der Waals surface area contributed by atoms with E-state index in [1.807, 2.05) is 0 Å². The van der Waals surface area contributed by atoms with E-state index in [-0.39, 0.29) is 17.4 Å². The maximum atomic E-state index is 11.7. The van der Waals surface area contributed by atoms with E-state index in [0.717, 1.165) is 0 Å². The molecule has 0 aliphatic rings. The van der Waals surface area contributed by atoms with Crippen LogP contribution in [0.15, 0.2) is 36.7 Å². The molecule has 2 aromatic rings. The van der Waals surface area contributed by atoms with Crippen LogP contribution in [0.4, 0.5) is 11.5 Å². The standard InChI is InChI=1S/C11H9ClN4O/c12-7-2-1-3-8(4-7)16-11(17)9-5-15-10(13)6-14-9/h1-6H,(H2,13,15)(H,16,17). The molecular formula is C11H9ClN4O. The van der Waals surface area contributed by atoms with Crippen molar-refractivity contribution in [1.82, 2.24) is 9.97 Å². The molecule has 0 fully saturated rings. The molecule has 0 bridgehead atoms. The van der Waals surface area contributed by atoms with Gasteiger partial charge in [0.1, 0.15) is 11.5 Å². The van der Waals surface area contributed by atoms with Crippen molar-refractivity contribution in [1.29, 1.82) is 0 Å². The van der Waals surface area contributed by atoms with Crippen LogP contribution in [-0.2, 0) is 0 Å². The van der Waals surface area contributed by atoms with E-state index in [0.29, 0.717) is 10.7 Å². The summed E-state index contributed by atoms with van der Waals surface area (Å²) in [6.45, 7) is 0. The molecule has 0 atom stereocenters. The third-order valence-electron chi connectivity index (χ3n) is 1.99. The molecule has 2 rings (SSSR count). The molecule has 1 amide bonds. The lowest BCUT2D eigenvalue weighted by molar-refractivity contribution is 0.102. The van der Waals surface area contributed by atoms with Crippen LogP contribution in [-0.4, -0.2) is 15.9 Å². The van der Waals surface area contributed by atoms with Crippen LogP contribution in [0, 0.1) is 0 Å². The first-order valence-electron chi connectivity index (χ1n) is 4.79. The van der Waals surface area contributed by atoms with Gasteiger partial charge < -0.3 is 11.1 Å². The van der Waals surface area contributed by atoms with Gasteiger partial charge in [0, 0.05) is 10.7 Å². The molecule has 1 heterocycles. The highest BCUT2D eigenvalue weighted by molar-refractivity contribution is 6.30. The van der Waals surface area contributed by atoms with Gasteiger partial charge in [0.25, 0.3) is 5.91 Å². The van der Waals surface area contributed by atoms with Crippen molar-refractivity contribution in [2.75, 3.05) is 11.1 Å². The first-order chi connectivity index (χ1) is 8.15. The minimum atomic E-state index is -0.361. The second-order valence-corrected chi connectivity index (χ2v) is 3.73. The van der Waals surface area contributed by atoms with Crippen molar-refractivity contribution < 1.29 is 4.79 Å². The topological polar surface area (TPSA) is 80.9 Å². The van der Waals surface area contributed by atoms with Crippen molar-refractivity contribution in [3.63, 3.8) is 0 Å². The van der Waals surface area contributed by atoms with Gasteiger partial charge in [-0.05, 0) is 18.2 Å². The maximum absolute atomic E-state index is 11.7. The molecule has 0 spiro atoms. The second-order valence-electron chi connectivity index (χ2n) is 3.29. The third kappa shape index (κ3) is 2.92. The summed E-state index contributed by atoms with van der Waals surface area (Å²) in [6, 6.07) is 6.84. The zero-order valence-corrected chi connectivity index (χ0v) is 9.48. The Morgan fingerprint density at radius 3 is 2.76 bits per heavy atom. The monoisotopic (exact) mass is 248 g/mol. The summed E-state index contributed by atoms with van der Waals surface area (Å²) >= 11 is 5.80. The number of hydrogen-bond donors (Lipinski definition) is 2. The Balaban J connectivity index is 2.14. The molecule has 0 aliphatic heterocycles. The van der Waals surface area contributed by atoms with Crippen LogP contribution >= 0.6 is 11.6 Å². The Kier molecular flexibility index (Phi) is 3.20. The average molecular weight is 249 g/mol. The van der Waals surface area contributed by atoms with Crippen LogP contribution in [0.3, 0.4) is 0 Å². The number of nitrogens with two attached hydrogens (primary N) is 1. The fraction of sp³-hybridized carbons (Fsp3) is 0. The van der Waals surface area contributed by atoms with E-state index >= 15 is 0 Å². The summed E-state index contributed by atoms with van der Waals surface area (Å²) in [5, 5.41) is 3.20. The Morgan fingerprint density at radius 1 is 1.29 bits per heavy atom. The van der Waals surface area contributed by atoms with E-state index in [4.69, 9.17) is 17.3 Å². The highest BCUT2D eigenvalue weighted by Gasteiger charge is 2.07. The molecule has 1 aromatic heterocycles. The number of hydrogen-bond acceptors (Lipinski definition) is 4. The number of benzene rings is 1. The minimum absolute atomic E-state index is 0.194. The molecule has 17 heavy (non-hydrogen) atoms. The summed E-state index contributed by atoms with van der Waals surface area (Å²) in [5.41, 5.74) is 6.17. The summed E-state index contributed by atoms with van der Waals surface area (Å²) < 4.78 is 0. The molecule has 0 aliphatic carbocycles. The van der Waals surface area contributed by atoms with Gasteiger partial charge in [0.2, 0.25) is 0 Å². The van der Waals surface area contributed by atoms with Crippen molar-refractivity contribution >= 4 is 29.0 Å². The number of nitrogens with one attached hydrogen (secondary N) is 1. The van der Waals surface area contributed by atoms with Crippen LogP contribution < -0.4 is 11.1 Å². The lowest BCUT2D eigenvalue weighted by Gasteiger charge is -2.04. The molecule has 6 heteroatoms. The van der Waals surface area contributed by atoms with Crippen molar-refractivity contribution in [3.05, 3.63) is 47.4 Å². The van der Waals surface area contributed by atoms with Crippen molar-refractivity contribution in [2.24, 2.45) is 0 Å². The number of amides is 1. The van der Waals surface area contributed by atoms with Crippen molar-refractivity contribution in [2.45, 2.75) is 0 Å². The SMILES string of the molecule is Nc1cnc(C(=O)Nc2cccc(Cl)c2)cn1. The fourth-order valence-corrected chi connectivity index (χ4v) is 1.41. The van der Waals surface area contributed by atoms with E-state index in [1.165, 1.54) is 12.4 Å². The molecule has 5 nitrogen and oxygen atoms in total. The fourth-order valence-electron chi connectivity index (χ4n) is 1.22. The quantitative estimate of drug-likeness (QED) is 0.851. The molecule has 0 saturated heterocycles. The third-order valence-corrected chi connectivity index (χ3v) is 2.22. The Morgan fingerprint density at radius 2 is 2.12 bits per heavy atom. The number of anilines is 2. The zero-order chi connectivity index (χ0) is 12.3. The van der Waals surface area contributed by atoms with Gasteiger partial charge in [-0.1, -0.05) is 17.7 Å². The first-order valence-corrected chi connectivity index (χ1v) is 5.17. The lowest BCUT2D eigenvalue weighted by Crippen LogP contribution is -2.14. The van der Waals surface area contributed by atoms with Gasteiger partial charge in [-0.25, -0.2) is 9.97 Å². The smallest absolute Gasteiger partial charge is 0.275 e. The van der Waals surface area contributed by atoms with Crippen LogP contribution in [0.2, 0.25) is 5.02 Å². The van der Waals surface area contributed by atoms with Gasteiger partial charge >= 0.3 is 0 Å². The first kappa shape index (κ1) is 11.3. The molecule has 0 radical (unpaired) electrons. The summed E-state index contributed by atoms with van der Waals surface area (Å²) in [6.07, 6.45) is 2.64. The number of carbonyl (C=O) groups is 1. The van der Waals surface area contributed by atoms with Gasteiger partial charge in [-0.3, -0.25) is 4.79 Å². The van der Waals surface area contributed by atoms with E-state index in [1.54, 1.807) is 24.3 Å². The van der Waals surface area contributed by atoms with Gasteiger partial charge in [-0.15, -0.1) is 0 Å². The summed E-state index contributed by atoms with van der Waals surface area (Å²) in [5.74, 6) is -0.0935. The van der Waals surface area contributed by atoms with Crippen LogP contribution in [0.25, 0.3) is 0 Å². The van der Waals surface area contributed by atoms with Crippen molar-refractivity contribution in [3.8, 4) is 0 Å². The Labute approximate surface area is 103 Å². The van der Waals surface area contributed by atoms with Gasteiger partial charge in [0.15, 0.2) is 0 Å². The van der Waals surface area contributed by atoms with Crippen LogP contribution in [0.1, 0.15) is 10.5 Å². The largest absolute Gasteiger partial charge is 0.382 e. The molecule has 0 unspecified atom stereocenters. The normalized spacial score (nSPS) is 9.94. The highest BCUT2D eigenvalue weighted by atomic mass is 35.5. The predicted molar refractivity (Wildman–Crippen MR) is 65.8 cm³/mol. The Bertz CT molecular complexity index is 541. The number of carbonyl (C=O) groups excluding carboxylic acids is 1. The van der Waals surface area contributed by atoms with E-state index in [2.05, 4.69) is 15.3 Å². The number of rotatable bonds is 2. The maximum Gasteiger partial charge on any atom is 0.275 e. The minimum Gasteiger partial charge on any atom is -0.382 e. The molecule has 1 aromatic carbocycles. The highest BCUT2D eigenvalue weighted by Crippen LogP contribution is 2.15. The summed E-state index contributed by atoms with van der Waals surface area (Å²) in [7, 11) is 0. The molecule has 3 N–H and O–H groups in total. The van der Waals surface area contributed by atoms with Gasteiger partial charge in [-0.2, -0.15) is 0 Å². The zero-order valence-electron chi connectivity index (χ0n) is 8.72. The number of nitrogen functional groups attached to an aromatic ring is 1. The van der Waals surface area contributed by atoms with Crippen LogP contribution in [0.5, 0.6) is 0 Å². The lowest BCUT2D eigenvalue weighted by atomic mass is 10.3. The molecular weight excluding hydrogens is 240 g/mol. The number of aromatic nitrogens is 2. The summed E-state index contributed by atoms with van der Waals surface area (Å²) in [4.78, 5) is 19.4. The number of halogens is 1. The van der Waals surface area contributed by atoms with Gasteiger partial charge in [0.05, 0.1) is 12.4 Å². The molecule has 86 valence electrons. The predicted octanol–water partition coefficient (Wildman–Crippen LogP) is 1.96. The van der Waals surface area contributed by atoms with E-state index < -0.39 is 0 Å². The molecule has 0 saturated carbocycles. The Hall–Kier alpha value is -2.14. The van der Waals surface area contributed by atoms with E-state index in [9.17, 15) is 4.79 Å². The average Bonchev–Trinajstić information content (AvgIpc) is 2.29.